The van der Waals surface area contributed by atoms with E-state index in [1.165, 1.54) is 44.8 Å². The number of nitrogens with zero attached hydrogens (tertiary/aromatic N) is 2. The Morgan fingerprint density at radius 3 is 2.31 bits per heavy atom. The Balaban J connectivity index is 1.37. The van der Waals surface area contributed by atoms with Crippen molar-refractivity contribution in [3.8, 4) is 11.1 Å². The summed E-state index contributed by atoms with van der Waals surface area (Å²) in [5, 5.41) is 0. The lowest BCUT2D eigenvalue weighted by atomic mass is 9.77. The van der Waals surface area contributed by atoms with Gasteiger partial charge in [-0.25, -0.2) is 0 Å². The first-order valence-corrected chi connectivity index (χ1v) is 13.5. The van der Waals surface area contributed by atoms with Gasteiger partial charge in [-0.05, 0) is 71.5 Å². The average Bonchev–Trinajstić information content (AvgIpc) is 3.47. The topological polar surface area (TPSA) is 15.7 Å². The van der Waals surface area contributed by atoms with E-state index in [0.717, 1.165) is 26.2 Å². The van der Waals surface area contributed by atoms with Gasteiger partial charge in [-0.1, -0.05) is 76.2 Å². The summed E-state index contributed by atoms with van der Waals surface area (Å²) in [6.07, 6.45) is 4.60. The Morgan fingerprint density at radius 1 is 0.861 bits per heavy atom. The number of fused-ring (bicyclic) bond motifs is 6. The minimum absolute atomic E-state index is 0.0330. The van der Waals surface area contributed by atoms with E-state index in [1.807, 2.05) is 0 Å². The second-order valence-corrected chi connectivity index (χ2v) is 11.5. The molecule has 3 aromatic carbocycles. The van der Waals surface area contributed by atoms with E-state index in [1.54, 1.807) is 0 Å². The molecule has 0 saturated carbocycles. The van der Waals surface area contributed by atoms with Gasteiger partial charge in [0.05, 0.1) is 6.61 Å². The Kier molecular flexibility index (Phi) is 5.18. The van der Waals surface area contributed by atoms with Crippen LogP contribution < -0.4 is 9.80 Å². The summed E-state index contributed by atoms with van der Waals surface area (Å²) in [5.74, 6) is 0. The summed E-state index contributed by atoms with van der Waals surface area (Å²) >= 11 is 0. The first-order valence-electron chi connectivity index (χ1n) is 13.5. The fraction of sp³-hybridized carbons (Fsp3) is 0.394. The predicted octanol–water partition coefficient (Wildman–Crippen LogP) is 7.38. The zero-order valence-electron chi connectivity index (χ0n) is 22.6. The number of hydrogen-bond donors (Lipinski definition) is 0. The number of ether oxygens (including phenoxy) is 1. The third-order valence-electron chi connectivity index (χ3n) is 9.12. The first-order chi connectivity index (χ1) is 17.2. The Labute approximate surface area is 216 Å². The van der Waals surface area contributed by atoms with Crippen LogP contribution in [0.3, 0.4) is 0 Å². The number of benzene rings is 3. The van der Waals surface area contributed by atoms with E-state index in [-0.39, 0.29) is 10.8 Å². The van der Waals surface area contributed by atoms with Gasteiger partial charge in [0.15, 0.2) is 5.72 Å². The first kappa shape index (κ1) is 23.4. The molecule has 3 aliphatic rings. The fourth-order valence-corrected chi connectivity index (χ4v) is 6.97. The van der Waals surface area contributed by atoms with Gasteiger partial charge in [0.1, 0.15) is 0 Å². The molecule has 0 N–H and O–H groups in total. The minimum atomic E-state index is -0.452. The van der Waals surface area contributed by atoms with Crippen molar-refractivity contribution in [2.24, 2.45) is 0 Å². The highest BCUT2D eigenvalue weighted by atomic mass is 16.5. The zero-order chi connectivity index (χ0) is 25.3. The van der Waals surface area contributed by atoms with Crippen LogP contribution in [0.2, 0.25) is 0 Å². The summed E-state index contributed by atoms with van der Waals surface area (Å²) in [6.45, 7) is 17.6. The predicted molar refractivity (Wildman–Crippen MR) is 152 cm³/mol. The summed E-state index contributed by atoms with van der Waals surface area (Å²) in [4.78, 5) is 4.89. The largest absolute Gasteiger partial charge is 0.372 e. The van der Waals surface area contributed by atoms with Gasteiger partial charge in [0.25, 0.3) is 0 Å². The number of anilines is 2. The molecule has 0 amide bonds. The van der Waals surface area contributed by atoms with Crippen LogP contribution in [-0.4, -0.2) is 32.0 Å². The Morgan fingerprint density at radius 2 is 1.56 bits per heavy atom. The van der Waals surface area contributed by atoms with Crippen LogP contribution in [0.15, 0.2) is 66.7 Å². The standard InChI is InChI=1S/C33H38N2O/c1-7-34(8-2)24-14-16-26-25-15-13-23(21-28(25)31(3,4)29(26)22-24)17-18-33-32(5,6)27-11-9-10-12-30(27)35(33)19-20-36-33/h9-18,21-22H,7-8,19-20H2,1-6H3/b18-17+. The van der Waals surface area contributed by atoms with Gasteiger partial charge in [0, 0.05) is 41.8 Å². The van der Waals surface area contributed by atoms with Crippen molar-refractivity contribution in [3.63, 3.8) is 0 Å². The smallest absolute Gasteiger partial charge is 0.170 e. The highest BCUT2D eigenvalue weighted by molar-refractivity contribution is 5.83. The summed E-state index contributed by atoms with van der Waals surface area (Å²) in [5.41, 5.74) is 10.2. The third kappa shape index (κ3) is 3.02. The minimum Gasteiger partial charge on any atom is -0.372 e. The van der Waals surface area contributed by atoms with Crippen LogP contribution in [0.5, 0.6) is 0 Å². The molecule has 2 heterocycles. The van der Waals surface area contributed by atoms with Crippen LogP contribution in [0.25, 0.3) is 17.2 Å². The van der Waals surface area contributed by atoms with Crippen molar-refractivity contribution < 1.29 is 4.74 Å². The highest BCUT2D eigenvalue weighted by Gasteiger charge is 2.58. The van der Waals surface area contributed by atoms with Crippen LogP contribution in [0.1, 0.15) is 63.8 Å². The lowest BCUT2D eigenvalue weighted by Crippen LogP contribution is -2.51. The molecule has 6 rings (SSSR count). The molecule has 3 aromatic rings. The third-order valence-corrected chi connectivity index (χ3v) is 9.12. The lowest BCUT2D eigenvalue weighted by molar-refractivity contribution is 0.000337. The molecular weight excluding hydrogens is 440 g/mol. The number of hydrogen-bond acceptors (Lipinski definition) is 3. The van der Waals surface area contributed by atoms with E-state index in [9.17, 15) is 0 Å². The van der Waals surface area contributed by atoms with Crippen LogP contribution >= 0.6 is 0 Å². The highest BCUT2D eigenvalue weighted by Crippen LogP contribution is 2.55. The molecule has 186 valence electrons. The summed E-state index contributed by atoms with van der Waals surface area (Å²) < 4.78 is 6.56. The maximum atomic E-state index is 6.56. The van der Waals surface area contributed by atoms with Gasteiger partial charge in [-0.15, -0.1) is 0 Å². The fourth-order valence-electron chi connectivity index (χ4n) is 6.97. The number of rotatable bonds is 5. The van der Waals surface area contributed by atoms with Crippen molar-refractivity contribution in [3.05, 3.63) is 89.0 Å². The van der Waals surface area contributed by atoms with E-state index in [2.05, 4.69) is 124 Å². The maximum absolute atomic E-state index is 6.56. The lowest BCUT2D eigenvalue weighted by Gasteiger charge is -2.39. The molecule has 3 heteroatoms. The second-order valence-electron chi connectivity index (χ2n) is 11.5. The molecule has 0 aromatic heterocycles. The average molecular weight is 479 g/mol. The van der Waals surface area contributed by atoms with Crippen molar-refractivity contribution >= 4 is 17.5 Å². The van der Waals surface area contributed by atoms with Gasteiger partial charge in [0.2, 0.25) is 0 Å². The maximum Gasteiger partial charge on any atom is 0.170 e. The molecule has 1 aliphatic carbocycles. The summed E-state index contributed by atoms with van der Waals surface area (Å²) in [6, 6.07) is 22.8. The van der Waals surface area contributed by atoms with Crippen molar-refractivity contribution in [1.82, 2.24) is 0 Å². The Bertz CT molecular complexity index is 1360. The molecule has 2 aliphatic heterocycles. The van der Waals surface area contributed by atoms with Gasteiger partial charge in [-0.3, -0.25) is 0 Å². The van der Waals surface area contributed by atoms with E-state index >= 15 is 0 Å². The normalized spacial score (nSPS) is 22.4. The van der Waals surface area contributed by atoms with Crippen LogP contribution in [0.4, 0.5) is 11.4 Å². The number of para-hydroxylation sites is 1. The van der Waals surface area contributed by atoms with E-state index < -0.39 is 5.72 Å². The van der Waals surface area contributed by atoms with Gasteiger partial charge < -0.3 is 14.5 Å². The molecule has 0 radical (unpaired) electrons. The molecule has 3 nitrogen and oxygen atoms in total. The van der Waals surface area contributed by atoms with E-state index in [4.69, 9.17) is 4.74 Å². The molecule has 1 saturated heterocycles. The molecule has 36 heavy (non-hydrogen) atoms. The molecular formula is C33H38N2O. The van der Waals surface area contributed by atoms with Crippen molar-refractivity contribution in [2.75, 3.05) is 36.0 Å². The quantitative estimate of drug-likeness (QED) is 0.381. The summed E-state index contributed by atoms with van der Waals surface area (Å²) in [7, 11) is 0. The van der Waals surface area contributed by atoms with Crippen LogP contribution in [-0.2, 0) is 15.6 Å². The Hall–Kier alpha value is -3.04. The molecule has 0 spiro atoms. The van der Waals surface area contributed by atoms with Gasteiger partial charge >= 0.3 is 0 Å². The van der Waals surface area contributed by atoms with Crippen LogP contribution in [0, 0.1) is 0 Å². The molecule has 0 bridgehead atoms. The van der Waals surface area contributed by atoms with Crippen molar-refractivity contribution in [2.45, 2.75) is 58.1 Å². The molecule has 1 atom stereocenters. The second kappa shape index (κ2) is 7.98. The molecule has 1 fully saturated rings. The SMILES string of the molecule is CCN(CC)c1ccc2c(c1)C(C)(C)c1cc(/C=C/C34OCCN3c3ccccc3C4(C)C)ccc1-2. The van der Waals surface area contributed by atoms with E-state index in [0.29, 0.717) is 0 Å². The molecule has 1 unspecified atom stereocenters. The van der Waals surface area contributed by atoms with Crippen molar-refractivity contribution in [1.29, 1.82) is 0 Å². The monoisotopic (exact) mass is 478 g/mol. The van der Waals surface area contributed by atoms with Gasteiger partial charge in [-0.2, -0.15) is 0 Å². The zero-order valence-corrected chi connectivity index (χ0v) is 22.6.